The lowest BCUT2D eigenvalue weighted by Gasteiger charge is -2.15. The van der Waals surface area contributed by atoms with Gasteiger partial charge in [-0.3, -0.25) is 4.79 Å². The normalized spacial score (nSPS) is 14.2. The molecule has 0 saturated heterocycles. The Morgan fingerprint density at radius 2 is 2.00 bits per heavy atom. The van der Waals surface area contributed by atoms with Crippen LogP contribution in [0.3, 0.4) is 0 Å². The monoisotopic (exact) mass is 182 g/mol. The summed E-state index contributed by atoms with van der Waals surface area (Å²) in [6.07, 6.45) is 3.79. The topological polar surface area (TPSA) is 26.3 Å². The van der Waals surface area contributed by atoms with Gasteiger partial charge in [0.25, 0.3) is 0 Å². The van der Waals surface area contributed by atoms with E-state index < -0.39 is 0 Å². The molecule has 13 heavy (non-hydrogen) atoms. The summed E-state index contributed by atoms with van der Waals surface area (Å²) in [5.41, 5.74) is 1.18. The molecule has 0 fully saturated rings. The van der Waals surface area contributed by atoms with Crippen LogP contribution in [0.15, 0.2) is 24.3 Å². The van der Waals surface area contributed by atoms with Crippen LogP contribution in [0.5, 0.6) is 0 Å². The number of carbonyl (C=O) groups is 1. The molecule has 0 aliphatic carbocycles. The van der Waals surface area contributed by atoms with Crippen LogP contribution in [0, 0.1) is 11.8 Å². The maximum atomic E-state index is 11.2. The fraction of sp³-hybridized carbons (Fsp3) is 0.545. The number of hydrogen-bond donors (Lipinski definition) is 0. The molecule has 0 aromatic rings. The van der Waals surface area contributed by atoms with Gasteiger partial charge in [0.15, 0.2) is 0 Å². The van der Waals surface area contributed by atoms with E-state index >= 15 is 0 Å². The SMILES string of the molecule is C=CC(C=C(C)C)C(C)C(=O)OC. The lowest BCUT2D eigenvalue weighted by Crippen LogP contribution is -2.19. The third kappa shape index (κ3) is 3.92. The maximum absolute atomic E-state index is 11.2. The van der Waals surface area contributed by atoms with E-state index in [4.69, 9.17) is 0 Å². The van der Waals surface area contributed by atoms with Crippen molar-refractivity contribution in [1.29, 1.82) is 0 Å². The fourth-order valence-electron chi connectivity index (χ4n) is 1.14. The number of methoxy groups -OCH3 is 1. The molecule has 2 heteroatoms. The van der Waals surface area contributed by atoms with E-state index in [0.717, 1.165) is 0 Å². The highest BCUT2D eigenvalue weighted by molar-refractivity contribution is 5.72. The molecule has 0 bridgehead atoms. The fourth-order valence-corrected chi connectivity index (χ4v) is 1.14. The molecule has 0 rings (SSSR count). The van der Waals surface area contributed by atoms with Gasteiger partial charge < -0.3 is 4.74 Å². The first-order chi connectivity index (χ1) is 6.02. The van der Waals surface area contributed by atoms with Gasteiger partial charge in [0.2, 0.25) is 0 Å². The Bertz CT molecular complexity index is 212. The lowest BCUT2D eigenvalue weighted by molar-refractivity contribution is -0.145. The molecule has 2 atom stereocenters. The minimum Gasteiger partial charge on any atom is -0.469 e. The number of esters is 1. The maximum Gasteiger partial charge on any atom is 0.309 e. The van der Waals surface area contributed by atoms with Gasteiger partial charge in [-0.2, -0.15) is 0 Å². The Kier molecular flexibility index (Phi) is 5.12. The van der Waals surface area contributed by atoms with Gasteiger partial charge in [-0.25, -0.2) is 0 Å². The number of hydrogen-bond acceptors (Lipinski definition) is 2. The average molecular weight is 182 g/mol. The predicted molar refractivity (Wildman–Crippen MR) is 54.3 cm³/mol. The van der Waals surface area contributed by atoms with Crippen molar-refractivity contribution >= 4 is 5.97 Å². The zero-order valence-electron chi connectivity index (χ0n) is 8.83. The second-order valence-corrected chi connectivity index (χ2v) is 3.37. The number of carbonyl (C=O) groups excluding carboxylic acids is 1. The van der Waals surface area contributed by atoms with Gasteiger partial charge >= 0.3 is 5.97 Å². The van der Waals surface area contributed by atoms with Crippen LogP contribution in [0.25, 0.3) is 0 Å². The minimum atomic E-state index is -0.192. The average Bonchev–Trinajstić information content (AvgIpc) is 2.11. The van der Waals surface area contributed by atoms with E-state index in [0.29, 0.717) is 0 Å². The summed E-state index contributed by atoms with van der Waals surface area (Å²) in [5.74, 6) is -0.280. The Hall–Kier alpha value is -1.05. The third-order valence-electron chi connectivity index (χ3n) is 1.95. The van der Waals surface area contributed by atoms with E-state index in [1.54, 1.807) is 6.08 Å². The van der Waals surface area contributed by atoms with Gasteiger partial charge in [-0.15, -0.1) is 6.58 Å². The van der Waals surface area contributed by atoms with Gasteiger partial charge in [0, 0.05) is 5.92 Å². The van der Waals surface area contributed by atoms with Crippen molar-refractivity contribution in [3.8, 4) is 0 Å². The molecule has 0 aromatic heterocycles. The Balaban J connectivity index is 4.49. The molecule has 0 aliphatic heterocycles. The van der Waals surface area contributed by atoms with Crippen LogP contribution in [0.4, 0.5) is 0 Å². The van der Waals surface area contributed by atoms with Crippen LogP contribution in [0.2, 0.25) is 0 Å². The van der Waals surface area contributed by atoms with E-state index in [1.165, 1.54) is 12.7 Å². The second kappa shape index (κ2) is 5.57. The zero-order chi connectivity index (χ0) is 10.4. The van der Waals surface area contributed by atoms with Crippen molar-refractivity contribution in [2.45, 2.75) is 20.8 Å². The molecule has 0 radical (unpaired) electrons. The van der Waals surface area contributed by atoms with Crippen LogP contribution in [-0.2, 0) is 9.53 Å². The molecule has 0 heterocycles. The molecule has 2 nitrogen and oxygen atoms in total. The van der Waals surface area contributed by atoms with E-state index in [9.17, 15) is 4.79 Å². The number of allylic oxidation sites excluding steroid dienone is 3. The molecule has 0 aromatic carbocycles. The largest absolute Gasteiger partial charge is 0.469 e. The van der Waals surface area contributed by atoms with Crippen LogP contribution < -0.4 is 0 Å². The Morgan fingerprint density at radius 3 is 2.31 bits per heavy atom. The molecule has 0 spiro atoms. The number of ether oxygens (including phenoxy) is 1. The van der Waals surface area contributed by atoms with E-state index in [2.05, 4.69) is 11.3 Å². The molecular formula is C11H18O2. The highest BCUT2D eigenvalue weighted by Gasteiger charge is 2.19. The highest BCUT2D eigenvalue weighted by atomic mass is 16.5. The van der Waals surface area contributed by atoms with Gasteiger partial charge in [-0.1, -0.05) is 24.6 Å². The smallest absolute Gasteiger partial charge is 0.309 e. The Morgan fingerprint density at radius 1 is 1.46 bits per heavy atom. The van der Waals surface area contributed by atoms with Crippen molar-refractivity contribution in [2.75, 3.05) is 7.11 Å². The van der Waals surface area contributed by atoms with Crippen LogP contribution >= 0.6 is 0 Å². The Labute approximate surface area is 80.3 Å². The molecule has 0 saturated carbocycles. The van der Waals surface area contributed by atoms with Crippen LogP contribution in [0.1, 0.15) is 20.8 Å². The van der Waals surface area contributed by atoms with Gasteiger partial charge in [-0.05, 0) is 13.8 Å². The lowest BCUT2D eigenvalue weighted by atomic mass is 9.92. The zero-order valence-corrected chi connectivity index (χ0v) is 8.83. The van der Waals surface area contributed by atoms with Crippen molar-refractivity contribution in [3.05, 3.63) is 24.3 Å². The quantitative estimate of drug-likeness (QED) is 0.493. The summed E-state index contributed by atoms with van der Waals surface area (Å²) in [6, 6.07) is 0. The molecule has 0 N–H and O–H groups in total. The van der Waals surface area contributed by atoms with E-state index in [-0.39, 0.29) is 17.8 Å². The van der Waals surface area contributed by atoms with Crippen molar-refractivity contribution in [2.24, 2.45) is 11.8 Å². The number of rotatable bonds is 4. The summed E-state index contributed by atoms with van der Waals surface area (Å²) in [4.78, 5) is 11.2. The summed E-state index contributed by atoms with van der Waals surface area (Å²) in [5, 5.41) is 0. The molecule has 74 valence electrons. The van der Waals surface area contributed by atoms with Crippen LogP contribution in [-0.4, -0.2) is 13.1 Å². The van der Waals surface area contributed by atoms with Crippen molar-refractivity contribution in [3.63, 3.8) is 0 Å². The molecule has 0 aliphatic rings. The van der Waals surface area contributed by atoms with Gasteiger partial charge in [0.05, 0.1) is 13.0 Å². The van der Waals surface area contributed by atoms with Crippen molar-refractivity contribution < 1.29 is 9.53 Å². The highest BCUT2D eigenvalue weighted by Crippen LogP contribution is 2.17. The van der Waals surface area contributed by atoms with Crippen molar-refractivity contribution in [1.82, 2.24) is 0 Å². The minimum absolute atomic E-state index is 0.0671. The third-order valence-corrected chi connectivity index (χ3v) is 1.95. The van der Waals surface area contributed by atoms with Gasteiger partial charge in [0.1, 0.15) is 0 Å². The summed E-state index contributed by atoms with van der Waals surface area (Å²) >= 11 is 0. The predicted octanol–water partition coefficient (Wildman–Crippen LogP) is 2.56. The molecule has 2 unspecified atom stereocenters. The first-order valence-corrected chi connectivity index (χ1v) is 4.38. The molecule has 0 amide bonds. The first kappa shape index (κ1) is 11.9. The summed E-state index contributed by atoms with van der Waals surface area (Å²) in [7, 11) is 1.40. The first-order valence-electron chi connectivity index (χ1n) is 4.38. The standard InChI is InChI=1S/C11H18O2/c1-6-10(7-8(2)3)9(4)11(12)13-5/h6-7,9-10H,1H2,2-5H3. The van der Waals surface area contributed by atoms with E-state index in [1.807, 2.05) is 26.8 Å². The molecular weight excluding hydrogens is 164 g/mol. The summed E-state index contributed by atoms with van der Waals surface area (Å²) in [6.45, 7) is 9.55. The second-order valence-electron chi connectivity index (χ2n) is 3.37. The summed E-state index contributed by atoms with van der Waals surface area (Å²) < 4.78 is 4.66.